The second kappa shape index (κ2) is 9.39. The molecule has 0 fully saturated rings. The molecule has 0 bridgehead atoms. The van der Waals surface area contributed by atoms with Crippen LogP contribution < -0.4 is 5.73 Å². The van der Waals surface area contributed by atoms with E-state index < -0.39 is 5.54 Å². The number of nitrogens with two attached hydrogens (primary N) is 1. The first-order valence-corrected chi connectivity index (χ1v) is 9.75. The zero-order valence-corrected chi connectivity index (χ0v) is 15.6. The summed E-state index contributed by atoms with van der Waals surface area (Å²) in [4.78, 5) is 0. The van der Waals surface area contributed by atoms with Gasteiger partial charge < -0.3 is 10.8 Å². The van der Waals surface area contributed by atoms with E-state index in [1.165, 1.54) is 61.6 Å². The van der Waals surface area contributed by atoms with E-state index in [9.17, 15) is 5.11 Å². The fraction of sp³-hybridized carbons (Fsp3) is 0.636. The van der Waals surface area contributed by atoms with Crippen molar-refractivity contribution in [2.45, 2.75) is 77.2 Å². The van der Waals surface area contributed by atoms with Gasteiger partial charge in [-0.15, -0.1) is 0 Å². The van der Waals surface area contributed by atoms with Gasteiger partial charge in [-0.25, -0.2) is 0 Å². The molecule has 2 nitrogen and oxygen atoms in total. The molecule has 2 heteroatoms. The highest BCUT2D eigenvalue weighted by atomic mass is 16.3. The van der Waals surface area contributed by atoms with Gasteiger partial charge in [-0.05, 0) is 55.2 Å². The highest BCUT2D eigenvalue weighted by molar-refractivity contribution is 5.56. The molecule has 0 spiro atoms. The van der Waals surface area contributed by atoms with E-state index in [1.54, 1.807) is 0 Å². The Labute approximate surface area is 148 Å². The van der Waals surface area contributed by atoms with Gasteiger partial charge in [0.05, 0.1) is 6.61 Å². The van der Waals surface area contributed by atoms with Gasteiger partial charge in [-0.3, -0.25) is 0 Å². The second-order valence-electron chi connectivity index (χ2n) is 7.75. The zero-order chi connectivity index (χ0) is 17.4. The first-order chi connectivity index (χ1) is 11.6. The maximum atomic E-state index is 9.56. The van der Waals surface area contributed by atoms with Crippen LogP contribution in [0.15, 0.2) is 24.3 Å². The van der Waals surface area contributed by atoms with E-state index in [0.717, 1.165) is 12.8 Å². The lowest BCUT2D eigenvalue weighted by Crippen LogP contribution is -2.48. The molecule has 0 radical (unpaired) electrons. The molecule has 0 aliphatic heterocycles. The number of rotatable bonds is 9. The summed E-state index contributed by atoms with van der Waals surface area (Å²) in [6, 6.07) is 6.92. The lowest BCUT2D eigenvalue weighted by Gasteiger charge is -2.31. The van der Waals surface area contributed by atoms with Crippen LogP contribution in [0.1, 0.15) is 75.5 Å². The number of allylic oxidation sites excluding steroid dienone is 1. The molecule has 0 amide bonds. The van der Waals surface area contributed by atoms with Gasteiger partial charge in [0, 0.05) is 5.54 Å². The van der Waals surface area contributed by atoms with Crippen molar-refractivity contribution in [3.05, 3.63) is 41.0 Å². The number of unbranched alkanes of at least 4 members (excludes halogenated alkanes) is 5. The Kier molecular flexibility index (Phi) is 7.51. The quantitative estimate of drug-likeness (QED) is 0.635. The molecule has 2 rings (SSSR count). The fourth-order valence-electron chi connectivity index (χ4n) is 3.59. The van der Waals surface area contributed by atoms with Gasteiger partial charge in [-0.2, -0.15) is 0 Å². The molecule has 1 aliphatic rings. The van der Waals surface area contributed by atoms with Crippen LogP contribution in [0.2, 0.25) is 0 Å². The Morgan fingerprint density at radius 1 is 1.17 bits per heavy atom. The van der Waals surface area contributed by atoms with Crippen LogP contribution in [0.5, 0.6) is 0 Å². The smallest absolute Gasteiger partial charge is 0.0611 e. The molecule has 1 aliphatic carbocycles. The number of hydrogen-bond donors (Lipinski definition) is 2. The lowest BCUT2D eigenvalue weighted by molar-refractivity contribution is 0.154. The molecule has 3 N–H and O–H groups in total. The molecule has 1 aromatic carbocycles. The Hall–Kier alpha value is -1.12. The van der Waals surface area contributed by atoms with Crippen LogP contribution in [0.3, 0.4) is 0 Å². The van der Waals surface area contributed by atoms with Crippen molar-refractivity contribution in [2.24, 2.45) is 11.7 Å². The van der Waals surface area contributed by atoms with Crippen molar-refractivity contribution in [2.75, 3.05) is 6.61 Å². The number of aryl methyl sites for hydroxylation is 1. The Morgan fingerprint density at radius 3 is 2.67 bits per heavy atom. The number of benzene rings is 1. The summed E-state index contributed by atoms with van der Waals surface area (Å²) >= 11 is 0. The highest BCUT2D eigenvalue weighted by Gasteiger charge is 2.30. The van der Waals surface area contributed by atoms with Crippen molar-refractivity contribution < 1.29 is 5.11 Å². The topological polar surface area (TPSA) is 46.2 Å². The fourth-order valence-corrected chi connectivity index (χ4v) is 3.59. The molecular weight excluding hydrogens is 294 g/mol. The average molecular weight is 330 g/mol. The predicted molar refractivity (Wildman–Crippen MR) is 104 cm³/mol. The first-order valence-electron chi connectivity index (χ1n) is 9.75. The second-order valence-corrected chi connectivity index (χ2v) is 7.75. The number of hydrogen-bond acceptors (Lipinski definition) is 2. The van der Waals surface area contributed by atoms with Crippen molar-refractivity contribution in [3.63, 3.8) is 0 Å². The normalized spacial score (nSPS) is 19.6. The molecule has 2 atom stereocenters. The van der Waals surface area contributed by atoms with Crippen LogP contribution in [0, 0.1) is 5.92 Å². The van der Waals surface area contributed by atoms with Gasteiger partial charge in [0.1, 0.15) is 0 Å². The van der Waals surface area contributed by atoms with E-state index in [0.29, 0.717) is 5.92 Å². The van der Waals surface area contributed by atoms with Gasteiger partial charge in [0.25, 0.3) is 0 Å². The molecule has 24 heavy (non-hydrogen) atoms. The summed E-state index contributed by atoms with van der Waals surface area (Å²) < 4.78 is 0. The summed E-state index contributed by atoms with van der Waals surface area (Å²) in [6.45, 7) is 4.27. The maximum absolute atomic E-state index is 9.56. The monoisotopic (exact) mass is 329 g/mol. The standard InChI is InChI=1S/C22H35NO/c1-3-4-5-6-7-8-10-18-13-14-20-16-21(22(2,23)17-24)12-9-11-19(20)15-18/h9,11,13-15,21,24H,3-8,10,12,16-17,23H2,1-2H3/t21-,22+/m1/s1. The SMILES string of the molecule is CCCCCCCCc1ccc2c(c1)C=CC[C@@H]([C@@](C)(N)CO)C2. The van der Waals surface area contributed by atoms with Gasteiger partial charge in [0.15, 0.2) is 0 Å². The molecule has 1 aromatic rings. The molecule has 134 valence electrons. The van der Waals surface area contributed by atoms with Gasteiger partial charge in [-0.1, -0.05) is 69.4 Å². The molecule has 0 saturated carbocycles. The van der Waals surface area contributed by atoms with Crippen molar-refractivity contribution in [3.8, 4) is 0 Å². The van der Waals surface area contributed by atoms with E-state index in [1.807, 2.05) is 6.92 Å². The van der Waals surface area contributed by atoms with E-state index in [4.69, 9.17) is 5.73 Å². The van der Waals surface area contributed by atoms with E-state index in [-0.39, 0.29) is 6.61 Å². The average Bonchev–Trinajstić information content (AvgIpc) is 2.80. The summed E-state index contributed by atoms with van der Waals surface area (Å²) in [6.07, 6.45) is 15.6. The summed E-state index contributed by atoms with van der Waals surface area (Å²) in [5.74, 6) is 0.296. The van der Waals surface area contributed by atoms with Crippen molar-refractivity contribution >= 4 is 6.08 Å². The summed E-state index contributed by atoms with van der Waals surface area (Å²) in [7, 11) is 0. The van der Waals surface area contributed by atoms with Gasteiger partial charge in [0.2, 0.25) is 0 Å². The third-order valence-corrected chi connectivity index (χ3v) is 5.49. The molecule has 0 unspecified atom stereocenters. The number of aliphatic hydroxyl groups is 1. The molecule has 0 heterocycles. The van der Waals surface area contributed by atoms with Crippen LogP contribution in [0.25, 0.3) is 6.08 Å². The minimum absolute atomic E-state index is 0.0386. The lowest BCUT2D eigenvalue weighted by atomic mass is 9.80. The largest absolute Gasteiger partial charge is 0.394 e. The van der Waals surface area contributed by atoms with Crippen LogP contribution in [0.4, 0.5) is 0 Å². The molecular formula is C22H35NO. The Morgan fingerprint density at radius 2 is 1.92 bits per heavy atom. The van der Waals surface area contributed by atoms with Crippen LogP contribution in [-0.4, -0.2) is 17.3 Å². The maximum Gasteiger partial charge on any atom is 0.0611 e. The first kappa shape index (κ1) is 19.2. The van der Waals surface area contributed by atoms with Gasteiger partial charge >= 0.3 is 0 Å². The summed E-state index contributed by atoms with van der Waals surface area (Å²) in [5.41, 5.74) is 9.93. The molecule has 0 saturated heterocycles. The van der Waals surface area contributed by atoms with E-state index >= 15 is 0 Å². The number of aliphatic hydroxyl groups excluding tert-OH is 1. The van der Waals surface area contributed by atoms with E-state index in [2.05, 4.69) is 37.3 Å². The third-order valence-electron chi connectivity index (χ3n) is 5.49. The minimum Gasteiger partial charge on any atom is -0.394 e. The van der Waals surface area contributed by atoms with Crippen molar-refractivity contribution in [1.82, 2.24) is 0 Å². The van der Waals surface area contributed by atoms with Crippen LogP contribution in [-0.2, 0) is 12.8 Å². The predicted octanol–water partition coefficient (Wildman–Crippen LogP) is 4.87. The van der Waals surface area contributed by atoms with Crippen molar-refractivity contribution in [1.29, 1.82) is 0 Å². The minimum atomic E-state index is -0.511. The Balaban J connectivity index is 1.93. The number of fused-ring (bicyclic) bond motifs is 1. The summed E-state index contributed by atoms with van der Waals surface area (Å²) in [5, 5.41) is 9.56. The van der Waals surface area contributed by atoms with Crippen LogP contribution >= 0.6 is 0 Å². The highest BCUT2D eigenvalue weighted by Crippen LogP contribution is 2.29. The third kappa shape index (κ3) is 5.46. The molecule has 0 aromatic heterocycles. The zero-order valence-electron chi connectivity index (χ0n) is 15.6. The Bertz CT molecular complexity index is 533.